The molecule has 0 spiro atoms. The fourth-order valence-corrected chi connectivity index (χ4v) is 3.09. The van der Waals surface area contributed by atoms with E-state index in [9.17, 15) is 9.59 Å². The Hall–Kier alpha value is -3.36. The number of methoxy groups -OCH3 is 1. The number of aromatic nitrogens is 1. The number of anilines is 1. The topological polar surface area (TPSA) is 95.0 Å². The number of rotatable bonds is 6. The van der Waals surface area contributed by atoms with E-state index in [4.69, 9.17) is 9.94 Å². The number of hydrogen-bond acceptors (Lipinski definition) is 6. The quantitative estimate of drug-likeness (QED) is 0.403. The van der Waals surface area contributed by atoms with Crippen LogP contribution in [0.4, 0.5) is 5.69 Å². The van der Waals surface area contributed by atoms with Crippen molar-refractivity contribution in [2.75, 3.05) is 38.2 Å². The molecule has 31 heavy (non-hydrogen) atoms. The molecule has 0 saturated carbocycles. The van der Waals surface area contributed by atoms with E-state index in [1.807, 2.05) is 29.2 Å². The normalized spacial score (nSPS) is 13.9. The van der Waals surface area contributed by atoms with Crippen LogP contribution in [0.25, 0.3) is 12.2 Å². The van der Waals surface area contributed by atoms with Crippen LogP contribution >= 0.6 is 12.4 Å². The first-order valence-electron chi connectivity index (χ1n) is 9.54. The number of hydroxylamine groups is 1. The Balaban J connectivity index is 0.00000341. The van der Waals surface area contributed by atoms with E-state index in [0.29, 0.717) is 24.5 Å². The maximum atomic E-state index is 12.5. The summed E-state index contributed by atoms with van der Waals surface area (Å²) < 4.78 is 5.19. The zero-order valence-electron chi connectivity index (χ0n) is 17.1. The summed E-state index contributed by atoms with van der Waals surface area (Å²) in [6.45, 7) is 2.80. The smallest absolute Gasteiger partial charge is 0.267 e. The van der Waals surface area contributed by atoms with E-state index in [1.54, 1.807) is 31.4 Å². The van der Waals surface area contributed by atoms with Crippen molar-refractivity contribution in [3.05, 3.63) is 66.0 Å². The number of carbonyl (C=O) groups is 2. The molecule has 9 heteroatoms. The first-order valence-corrected chi connectivity index (χ1v) is 9.54. The van der Waals surface area contributed by atoms with Gasteiger partial charge in [-0.15, -0.1) is 12.4 Å². The molecule has 1 aromatic heterocycles. The molecule has 0 unspecified atom stereocenters. The highest BCUT2D eigenvalue weighted by Gasteiger charge is 2.19. The first-order chi connectivity index (χ1) is 14.6. The highest BCUT2D eigenvalue weighted by atomic mass is 35.5. The number of amides is 2. The average Bonchev–Trinajstić information content (AvgIpc) is 2.81. The fraction of sp³-hybridized carbons (Fsp3) is 0.227. The van der Waals surface area contributed by atoms with Crippen LogP contribution in [-0.4, -0.2) is 60.2 Å². The molecule has 1 aliphatic heterocycles. The van der Waals surface area contributed by atoms with Crippen LogP contribution in [0.2, 0.25) is 0 Å². The van der Waals surface area contributed by atoms with Crippen molar-refractivity contribution in [3.8, 4) is 5.75 Å². The molecule has 0 aliphatic carbocycles. The number of nitrogens with one attached hydrogen (secondary N) is 1. The molecule has 1 aromatic carbocycles. The second kappa shape index (κ2) is 11.7. The number of ether oxygens (including phenoxy) is 1. The lowest BCUT2D eigenvalue weighted by Gasteiger charge is -2.35. The van der Waals surface area contributed by atoms with Crippen molar-refractivity contribution in [1.29, 1.82) is 0 Å². The molecule has 2 aromatic rings. The van der Waals surface area contributed by atoms with Crippen molar-refractivity contribution < 1.29 is 19.5 Å². The summed E-state index contributed by atoms with van der Waals surface area (Å²) in [5, 5.41) is 8.51. The van der Waals surface area contributed by atoms with Gasteiger partial charge in [0, 0.05) is 44.0 Å². The summed E-state index contributed by atoms with van der Waals surface area (Å²) in [5.74, 6) is 0.121. The van der Waals surface area contributed by atoms with Crippen molar-refractivity contribution in [1.82, 2.24) is 15.4 Å². The standard InChI is InChI=1S/C22H24N4O4.ClH/c1-30-20-9-7-19(8-10-20)25-13-15-26(16-14-25)22(28)12-6-18-4-2-3-17(23-18)5-11-21(27)24-29;/h2-12,29H,13-16H2,1H3,(H,24,27);1H. The molecule has 2 amide bonds. The van der Waals surface area contributed by atoms with E-state index < -0.39 is 5.91 Å². The first kappa shape index (κ1) is 23.9. The number of nitrogens with zero attached hydrogens (tertiary/aromatic N) is 3. The Kier molecular flexibility index (Phi) is 9.05. The van der Waals surface area contributed by atoms with Crippen LogP contribution in [-0.2, 0) is 9.59 Å². The molecule has 1 fully saturated rings. The lowest BCUT2D eigenvalue weighted by atomic mass is 10.2. The zero-order chi connectivity index (χ0) is 21.3. The van der Waals surface area contributed by atoms with E-state index in [1.165, 1.54) is 23.7 Å². The lowest BCUT2D eigenvalue weighted by Crippen LogP contribution is -2.48. The van der Waals surface area contributed by atoms with Gasteiger partial charge in [-0.1, -0.05) is 6.07 Å². The SMILES string of the molecule is COc1ccc(N2CCN(C(=O)C=Cc3cccc(C=CC(=O)NO)n3)CC2)cc1.Cl. The minimum absolute atomic E-state index is 0. The van der Waals surface area contributed by atoms with Gasteiger partial charge in [-0.05, 0) is 48.6 Å². The van der Waals surface area contributed by atoms with E-state index in [-0.39, 0.29) is 18.3 Å². The maximum Gasteiger partial charge on any atom is 0.267 e. The molecular weight excluding hydrogens is 420 g/mol. The second-order valence-corrected chi connectivity index (χ2v) is 6.64. The van der Waals surface area contributed by atoms with Crippen LogP contribution in [0, 0.1) is 0 Å². The second-order valence-electron chi connectivity index (χ2n) is 6.64. The summed E-state index contributed by atoms with van der Waals surface area (Å²) >= 11 is 0. The summed E-state index contributed by atoms with van der Waals surface area (Å²) in [5.41, 5.74) is 3.78. The highest BCUT2D eigenvalue weighted by molar-refractivity contribution is 5.92. The Morgan fingerprint density at radius 3 is 2.19 bits per heavy atom. The highest BCUT2D eigenvalue weighted by Crippen LogP contribution is 2.20. The molecule has 2 N–H and O–H groups in total. The van der Waals surface area contributed by atoms with Crippen LogP contribution in [0.3, 0.4) is 0 Å². The summed E-state index contributed by atoms with van der Waals surface area (Å²) in [4.78, 5) is 32.0. The summed E-state index contributed by atoms with van der Waals surface area (Å²) in [6.07, 6.45) is 5.81. The molecule has 0 bridgehead atoms. The van der Waals surface area contributed by atoms with Gasteiger partial charge in [0.1, 0.15) is 5.75 Å². The number of hydrogen-bond donors (Lipinski definition) is 2. The van der Waals surface area contributed by atoms with Gasteiger partial charge in [0.2, 0.25) is 5.91 Å². The van der Waals surface area contributed by atoms with Crippen LogP contribution < -0.4 is 15.1 Å². The molecule has 1 saturated heterocycles. The van der Waals surface area contributed by atoms with Gasteiger partial charge in [0.15, 0.2) is 0 Å². The van der Waals surface area contributed by atoms with Crippen LogP contribution in [0.5, 0.6) is 5.75 Å². The van der Waals surface area contributed by atoms with Crippen molar-refractivity contribution in [3.63, 3.8) is 0 Å². The molecule has 2 heterocycles. The number of carbonyl (C=O) groups excluding carboxylic acids is 2. The Morgan fingerprint density at radius 2 is 1.61 bits per heavy atom. The van der Waals surface area contributed by atoms with E-state index in [2.05, 4.69) is 9.88 Å². The monoisotopic (exact) mass is 444 g/mol. The third kappa shape index (κ3) is 6.84. The van der Waals surface area contributed by atoms with E-state index in [0.717, 1.165) is 24.5 Å². The third-order valence-corrected chi connectivity index (χ3v) is 4.73. The lowest BCUT2D eigenvalue weighted by molar-refractivity contribution is -0.126. The molecule has 0 atom stereocenters. The third-order valence-electron chi connectivity index (χ3n) is 4.73. The number of benzene rings is 1. The minimum Gasteiger partial charge on any atom is -0.497 e. The van der Waals surface area contributed by atoms with Crippen molar-refractivity contribution in [2.45, 2.75) is 0 Å². The largest absolute Gasteiger partial charge is 0.497 e. The van der Waals surface area contributed by atoms with Gasteiger partial charge < -0.3 is 14.5 Å². The summed E-state index contributed by atoms with van der Waals surface area (Å²) in [6, 6.07) is 13.2. The van der Waals surface area contributed by atoms with Gasteiger partial charge >= 0.3 is 0 Å². The Morgan fingerprint density at radius 1 is 1.00 bits per heavy atom. The number of pyridine rings is 1. The van der Waals surface area contributed by atoms with Gasteiger partial charge in [-0.25, -0.2) is 10.5 Å². The average molecular weight is 445 g/mol. The van der Waals surface area contributed by atoms with Gasteiger partial charge in [-0.3, -0.25) is 14.8 Å². The van der Waals surface area contributed by atoms with Gasteiger partial charge in [0.25, 0.3) is 5.91 Å². The zero-order valence-corrected chi connectivity index (χ0v) is 17.9. The Bertz CT molecular complexity index is 939. The number of halogens is 1. The molecular formula is C22H25ClN4O4. The number of piperazine rings is 1. The minimum atomic E-state index is -0.637. The summed E-state index contributed by atoms with van der Waals surface area (Å²) in [7, 11) is 1.64. The molecule has 8 nitrogen and oxygen atoms in total. The van der Waals surface area contributed by atoms with Crippen molar-refractivity contribution >= 4 is 42.1 Å². The Labute approximate surface area is 187 Å². The fourth-order valence-electron chi connectivity index (χ4n) is 3.09. The van der Waals surface area contributed by atoms with Gasteiger partial charge in [0.05, 0.1) is 18.5 Å². The molecule has 3 rings (SSSR count). The van der Waals surface area contributed by atoms with E-state index >= 15 is 0 Å². The molecule has 0 radical (unpaired) electrons. The predicted molar refractivity (Wildman–Crippen MR) is 121 cm³/mol. The maximum absolute atomic E-state index is 12.5. The van der Waals surface area contributed by atoms with Crippen LogP contribution in [0.15, 0.2) is 54.6 Å². The van der Waals surface area contributed by atoms with Crippen molar-refractivity contribution in [2.24, 2.45) is 0 Å². The molecule has 164 valence electrons. The molecule has 1 aliphatic rings. The van der Waals surface area contributed by atoms with Gasteiger partial charge in [-0.2, -0.15) is 0 Å². The predicted octanol–water partition coefficient (Wildman–Crippen LogP) is 2.39. The van der Waals surface area contributed by atoms with Crippen LogP contribution in [0.1, 0.15) is 11.4 Å².